The van der Waals surface area contributed by atoms with E-state index in [2.05, 4.69) is 37.5 Å². The Kier molecular flexibility index (Phi) is 18.9. The number of ether oxygens (including phenoxy) is 2. The van der Waals surface area contributed by atoms with Crippen LogP contribution in [-0.2, 0) is 19.1 Å². The van der Waals surface area contributed by atoms with Crippen molar-refractivity contribution in [2.24, 2.45) is 11.8 Å². The first-order chi connectivity index (χ1) is 19.4. The molecule has 1 saturated heterocycles. The lowest BCUT2D eigenvalue weighted by Gasteiger charge is -2.33. The Hall–Kier alpha value is -3.10. The fourth-order valence-corrected chi connectivity index (χ4v) is 4.45. The number of unbranched alkanes of at least 4 members (excludes halogenated alkanes) is 2. The van der Waals surface area contributed by atoms with Crippen LogP contribution in [0.15, 0.2) is 35.6 Å². The van der Waals surface area contributed by atoms with Crippen molar-refractivity contribution in [2.75, 3.05) is 45.9 Å². The van der Waals surface area contributed by atoms with Crippen molar-refractivity contribution in [3.63, 3.8) is 0 Å². The summed E-state index contributed by atoms with van der Waals surface area (Å²) in [4.78, 5) is 29.1. The van der Waals surface area contributed by atoms with E-state index in [4.69, 9.17) is 9.47 Å². The Labute approximate surface area is 242 Å². The number of allylic oxidation sites excluding steroid dienone is 2. The zero-order chi connectivity index (χ0) is 29.6. The molecule has 8 heteroatoms. The summed E-state index contributed by atoms with van der Waals surface area (Å²) in [5, 5.41) is 18.8. The Morgan fingerprint density at radius 3 is 1.82 bits per heavy atom. The summed E-state index contributed by atoms with van der Waals surface area (Å²) in [6, 6.07) is 3.94. The average molecular weight is 555 g/mol. The molecular weight excluding hydrogens is 504 g/mol. The zero-order valence-corrected chi connectivity index (χ0v) is 25.2. The fraction of sp³-hybridized carbons (Fsp3) is 0.688. The highest BCUT2D eigenvalue weighted by molar-refractivity contribution is 5.93. The standard InChI is InChI=1S/C32H50N4O4/c1-5-9-13-27(7-3)25-39-31(37)29(23-33)15-11-17-35-19-21-36(22-20-35)18-12-16-30(24-34)32(38)40-26-28(8-4)14-10-6-2/h11,15-17,27-28H,5-10,12-14,18-22,25-26H2,1-4H3/b17-11+,29-15-,30-16+. The van der Waals surface area contributed by atoms with Crippen LogP contribution in [0.25, 0.3) is 0 Å². The van der Waals surface area contributed by atoms with Gasteiger partial charge < -0.3 is 14.4 Å². The van der Waals surface area contributed by atoms with Crippen LogP contribution in [0.3, 0.4) is 0 Å². The van der Waals surface area contributed by atoms with Crippen LogP contribution in [-0.4, -0.2) is 67.7 Å². The van der Waals surface area contributed by atoms with E-state index in [1.807, 2.05) is 18.3 Å². The smallest absolute Gasteiger partial charge is 0.348 e. The molecule has 40 heavy (non-hydrogen) atoms. The Bertz CT molecular complexity index is 920. The number of nitriles is 2. The molecular formula is C32H50N4O4. The number of esters is 2. The number of carbonyl (C=O) groups is 2. The molecule has 0 amide bonds. The largest absolute Gasteiger partial charge is 0.461 e. The van der Waals surface area contributed by atoms with Crippen LogP contribution in [0.5, 0.6) is 0 Å². The van der Waals surface area contributed by atoms with Gasteiger partial charge in [-0.25, -0.2) is 9.59 Å². The Morgan fingerprint density at radius 2 is 1.35 bits per heavy atom. The second-order valence-electron chi connectivity index (χ2n) is 10.5. The van der Waals surface area contributed by atoms with Gasteiger partial charge in [0.25, 0.3) is 0 Å². The first kappa shape index (κ1) is 34.9. The van der Waals surface area contributed by atoms with Crippen LogP contribution in [0.4, 0.5) is 0 Å². The Balaban J connectivity index is 2.44. The molecule has 0 saturated carbocycles. The van der Waals surface area contributed by atoms with Gasteiger partial charge in [0.05, 0.1) is 13.2 Å². The molecule has 0 aliphatic carbocycles. The van der Waals surface area contributed by atoms with E-state index in [1.54, 1.807) is 12.2 Å². The van der Waals surface area contributed by atoms with Crippen LogP contribution >= 0.6 is 0 Å². The molecule has 0 aromatic rings. The summed E-state index contributed by atoms with van der Waals surface area (Å²) in [6.45, 7) is 13.2. The van der Waals surface area contributed by atoms with E-state index in [-0.39, 0.29) is 11.1 Å². The lowest BCUT2D eigenvalue weighted by molar-refractivity contribution is -0.140. The minimum absolute atomic E-state index is 0.00464. The third-order valence-corrected chi connectivity index (χ3v) is 7.43. The molecule has 1 fully saturated rings. The van der Waals surface area contributed by atoms with E-state index >= 15 is 0 Å². The predicted octanol–water partition coefficient (Wildman–Crippen LogP) is 5.93. The monoisotopic (exact) mass is 554 g/mol. The van der Waals surface area contributed by atoms with Crippen LogP contribution < -0.4 is 0 Å². The van der Waals surface area contributed by atoms with Crippen molar-refractivity contribution in [3.05, 3.63) is 35.6 Å². The third-order valence-electron chi connectivity index (χ3n) is 7.43. The molecule has 1 heterocycles. The van der Waals surface area contributed by atoms with Gasteiger partial charge in [-0.2, -0.15) is 10.5 Å². The van der Waals surface area contributed by atoms with Gasteiger partial charge in [-0.15, -0.1) is 0 Å². The van der Waals surface area contributed by atoms with Gasteiger partial charge in [0.15, 0.2) is 0 Å². The number of piperazine rings is 1. The summed E-state index contributed by atoms with van der Waals surface area (Å²) < 4.78 is 10.8. The fourth-order valence-electron chi connectivity index (χ4n) is 4.45. The van der Waals surface area contributed by atoms with Crippen molar-refractivity contribution in [2.45, 2.75) is 85.5 Å². The van der Waals surface area contributed by atoms with Crippen LogP contribution in [0.1, 0.15) is 85.5 Å². The first-order valence-corrected chi connectivity index (χ1v) is 15.1. The van der Waals surface area contributed by atoms with Crippen molar-refractivity contribution in [1.29, 1.82) is 10.5 Å². The van der Waals surface area contributed by atoms with Gasteiger partial charge >= 0.3 is 11.9 Å². The maximum absolute atomic E-state index is 12.3. The molecule has 0 spiro atoms. The minimum Gasteiger partial charge on any atom is -0.461 e. The van der Waals surface area contributed by atoms with Gasteiger partial charge in [-0.3, -0.25) is 4.90 Å². The van der Waals surface area contributed by atoms with E-state index < -0.39 is 11.9 Å². The van der Waals surface area contributed by atoms with Gasteiger partial charge in [-0.1, -0.05) is 72.3 Å². The summed E-state index contributed by atoms with van der Waals surface area (Å²) in [5.74, 6) is -0.413. The highest BCUT2D eigenvalue weighted by Crippen LogP contribution is 2.15. The summed E-state index contributed by atoms with van der Waals surface area (Å²) in [6.07, 6.45) is 15.8. The lowest BCUT2D eigenvalue weighted by atomic mass is 10.0. The van der Waals surface area contributed by atoms with E-state index in [0.29, 0.717) is 31.5 Å². The molecule has 2 unspecified atom stereocenters. The highest BCUT2D eigenvalue weighted by atomic mass is 16.5. The summed E-state index contributed by atoms with van der Waals surface area (Å²) in [5.41, 5.74) is 0.0849. The summed E-state index contributed by atoms with van der Waals surface area (Å²) >= 11 is 0. The maximum Gasteiger partial charge on any atom is 0.348 e. The second kappa shape index (κ2) is 21.7. The van der Waals surface area contributed by atoms with Crippen molar-refractivity contribution in [1.82, 2.24) is 9.80 Å². The zero-order valence-electron chi connectivity index (χ0n) is 25.2. The molecule has 0 aromatic carbocycles. The molecule has 1 aliphatic rings. The highest BCUT2D eigenvalue weighted by Gasteiger charge is 2.17. The Morgan fingerprint density at radius 1 is 0.825 bits per heavy atom. The average Bonchev–Trinajstić information content (AvgIpc) is 2.98. The second-order valence-corrected chi connectivity index (χ2v) is 10.5. The molecule has 1 rings (SSSR count). The molecule has 222 valence electrons. The lowest BCUT2D eigenvalue weighted by Crippen LogP contribution is -2.44. The van der Waals surface area contributed by atoms with Crippen molar-refractivity contribution >= 4 is 11.9 Å². The topological polar surface area (TPSA) is 107 Å². The van der Waals surface area contributed by atoms with Crippen LogP contribution in [0, 0.1) is 34.5 Å². The van der Waals surface area contributed by atoms with Gasteiger partial charge in [0.2, 0.25) is 0 Å². The van der Waals surface area contributed by atoms with E-state index in [0.717, 1.165) is 84.1 Å². The SMILES string of the molecule is CCCCC(CC)COC(=O)/C(C#N)=C\C=C\N1CCN(CC/C=C(\C#N)C(=O)OCC(CC)CCCC)CC1. The molecule has 0 radical (unpaired) electrons. The number of nitrogens with zero attached hydrogens (tertiary/aromatic N) is 4. The number of hydrogen-bond acceptors (Lipinski definition) is 8. The summed E-state index contributed by atoms with van der Waals surface area (Å²) in [7, 11) is 0. The minimum atomic E-state index is -0.567. The number of hydrogen-bond donors (Lipinski definition) is 0. The molecule has 8 nitrogen and oxygen atoms in total. The van der Waals surface area contributed by atoms with Crippen molar-refractivity contribution in [3.8, 4) is 12.1 Å². The normalized spacial score (nSPS) is 16.3. The van der Waals surface area contributed by atoms with Gasteiger partial charge in [0, 0.05) is 32.7 Å². The van der Waals surface area contributed by atoms with Gasteiger partial charge in [0.1, 0.15) is 23.3 Å². The van der Waals surface area contributed by atoms with Gasteiger partial charge in [-0.05, 0) is 49.5 Å². The maximum atomic E-state index is 12.3. The predicted molar refractivity (Wildman–Crippen MR) is 158 cm³/mol. The van der Waals surface area contributed by atoms with Crippen LogP contribution in [0.2, 0.25) is 0 Å². The number of rotatable bonds is 19. The quantitative estimate of drug-likeness (QED) is 0.0837. The molecule has 0 bridgehead atoms. The van der Waals surface area contributed by atoms with E-state index in [9.17, 15) is 20.1 Å². The molecule has 0 N–H and O–H groups in total. The molecule has 2 atom stereocenters. The van der Waals surface area contributed by atoms with Crippen molar-refractivity contribution < 1.29 is 19.1 Å². The molecule has 1 aliphatic heterocycles. The first-order valence-electron chi connectivity index (χ1n) is 15.1. The number of carbonyl (C=O) groups excluding carboxylic acids is 2. The third kappa shape index (κ3) is 14.3. The molecule has 0 aromatic heterocycles. The van der Waals surface area contributed by atoms with E-state index in [1.165, 1.54) is 6.08 Å².